The number of phosphoric ester groups is 2. The first kappa shape index (κ1) is 93.1. The molecule has 19 heteroatoms. The van der Waals surface area contributed by atoms with Gasteiger partial charge in [0, 0.05) is 25.7 Å². The van der Waals surface area contributed by atoms with Crippen molar-refractivity contribution in [3.8, 4) is 0 Å². The Labute approximate surface area is 581 Å². The summed E-state index contributed by atoms with van der Waals surface area (Å²) in [5, 5.41) is 10.6. The van der Waals surface area contributed by atoms with Crippen molar-refractivity contribution in [2.45, 2.75) is 401 Å². The minimum Gasteiger partial charge on any atom is -0.462 e. The van der Waals surface area contributed by atoms with Crippen LogP contribution in [-0.4, -0.2) is 96.7 Å². The quantitative estimate of drug-likeness (QED) is 0.0222. The first-order valence-electron chi connectivity index (χ1n) is 39.3. The third-order valence-corrected chi connectivity index (χ3v) is 20.2. The molecule has 17 nitrogen and oxygen atoms in total. The fraction of sp³-hybridized carbons (Fsp3) is 0.947. The molecule has 0 saturated heterocycles. The van der Waals surface area contributed by atoms with E-state index in [1.54, 1.807) is 0 Å². The molecule has 0 aliphatic carbocycles. The lowest BCUT2D eigenvalue weighted by Gasteiger charge is -2.21. The van der Waals surface area contributed by atoms with E-state index in [2.05, 4.69) is 55.4 Å². The highest BCUT2D eigenvalue weighted by molar-refractivity contribution is 7.47. The minimum atomic E-state index is -4.96. The molecule has 0 saturated carbocycles. The normalized spacial score (nSPS) is 14.7. The van der Waals surface area contributed by atoms with E-state index < -0.39 is 97.5 Å². The number of hydrogen-bond acceptors (Lipinski definition) is 15. The molecule has 0 aromatic carbocycles. The molecule has 0 bridgehead atoms. The molecule has 4 unspecified atom stereocenters. The molecule has 0 rings (SSSR count). The summed E-state index contributed by atoms with van der Waals surface area (Å²) >= 11 is 0. The predicted molar refractivity (Wildman–Crippen MR) is 386 cm³/mol. The Morgan fingerprint density at radius 1 is 0.295 bits per heavy atom. The Morgan fingerprint density at radius 3 is 0.747 bits per heavy atom. The maximum Gasteiger partial charge on any atom is 0.472 e. The number of carbonyl (C=O) groups excluding carboxylic acids is 4. The van der Waals surface area contributed by atoms with Crippen molar-refractivity contribution in [3.63, 3.8) is 0 Å². The maximum atomic E-state index is 13.1. The monoisotopic (exact) mass is 1400 g/mol. The number of phosphoric acid groups is 2. The molecule has 3 N–H and O–H groups in total. The highest BCUT2D eigenvalue weighted by Gasteiger charge is 2.30. The van der Waals surface area contributed by atoms with Gasteiger partial charge >= 0.3 is 39.5 Å². The smallest absolute Gasteiger partial charge is 0.462 e. The zero-order chi connectivity index (χ0) is 70.3. The van der Waals surface area contributed by atoms with Gasteiger partial charge in [0.2, 0.25) is 0 Å². The molecule has 95 heavy (non-hydrogen) atoms. The molecule has 7 atom stereocenters. The first-order valence-corrected chi connectivity index (χ1v) is 42.3. The summed E-state index contributed by atoms with van der Waals surface area (Å²) in [6, 6.07) is 0. The molecule has 0 heterocycles. The third kappa shape index (κ3) is 67.6. The number of aliphatic hydroxyl groups excluding tert-OH is 1. The number of esters is 4. The molecule has 0 aromatic heterocycles. The van der Waals surface area contributed by atoms with Gasteiger partial charge in [-0.2, -0.15) is 0 Å². The van der Waals surface area contributed by atoms with Gasteiger partial charge in [0.15, 0.2) is 12.2 Å². The summed E-state index contributed by atoms with van der Waals surface area (Å²) in [5.41, 5.74) is 0. The van der Waals surface area contributed by atoms with E-state index in [1.807, 2.05) is 0 Å². The number of ether oxygens (including phenoxy) is 4. The van der Waals surface area contributed by atoms with Crippen LogP contribution < -0.4 is 0 Å². The lowest BCUT2D eigenvalue weighted by atomic mass is 9.99. The zero-order valence-corrected chi connectivity index (χ0v) is 64.1. The van der Waals surface area contributed by atoms with Gasteiger partial charge in [-0.3, -0.25) is 37.3 Å². The van der Waals surface area contributed by atoms with Crippen molar-refractivity contribution in [1.82, 2.24) is 0 Å². The molecule has 0 amide bonds. The van der Waals surface area contributed by atoms with E-state index >= 15 is 0 Å². The van der Waals surface area contributed by atoms with Crippen LogP contribution in [0, 0.1) is 23.7 Å². The van der Waals surface area contributed by atoms with Crippen LogP contribution in [0.25, 0.3) is 0 Å². The topological polar surface area (TPSA) is 237 Å². The van der Waals surface area contributed by atoms with Crippen LogP contribution in [0.2, 0.25) is 0 Å². The van der Waals surface area contributed by atoms with Gasteiger partial charge in [0.05, 0.1) is 26.4 Å². The van der Waals surface area contributed by atoms with Crippen molar-refractivity contribution in [2.24, 2.45) is 23.7 Å². The fourth-order valence-corrected chi connectivity index (χ4v) is 13.1. The van der Waals surface area contributed by atoms with Crippen LogP contribution in [0.5, 0.6) is 0 Å². The van der Waals surface area contributed by atoms with E-state index in [0.29, 0.717) is 25.7 Å². The summed E-state index contributed by atoms with van der Waals surface area (Å²) in [5.74, 6) is 0.962. The van der Waals surface area contributed by atoms with E-state index in [9.17, 15) is 43.2 Å². The number of unbranched alkanes of at least 4 members (excludes halogenated alkanes) is 37. The summed E-state index contributed by atoms with van der Waals surface area (Å²) in [7, 11) is -9.91. The van der Waals surface area contributed by atoms with Crippen molar-refractivity contribution in [1.29, 1.82) is 0 Å². The van der Waals surface area contributed by atoms with E-state index in [4.69, 9.17) is 37.0 Å². The van der Waals surface area contributed by atoms with Crippen molar-refractivity contribution in [3.05, 3.63) is 0 Å². The average Bonchev–Trinajstić information content (AvgIpc) is 2.02. The number of rotatable bonds is 73. The highest BCUT2D eigenvalue weighted by atomic mass is 31.2. The largest absolute Gasteiger partial charge is 0.472 e. The standard InChI is InChI=1S/C76H148O17P2/c1-9-68(7)54-46-38-30-23-19-15-11-12-16-20-24-31-40-48-56-73(78)86-62-71(92-75(80)58-50-42-32-25-21-17-13-14-18-22-28-36-44-52-66(3)4)64-90-94(82,83)88-60-70(77)61-89-95(84,85)91-65-72(63-87-74(79)57-49-41-35-34-39-47-55-69(8)10-2)93-76(81)59-51-43-33-27-26-29-37-45-53-67(5)6/h66-72,77H,9-65H2,1-8H3,(H,82,83)(H,84,85)/t68?,69?,70-,71-,72-/m1/s1. The predicted octanol–water partition coefficient (Wildman–Crippen LogP) is 22.0. The minimum absolute atomic E-state index is 0.103. The number of aliphatic hydroxyl groups is 1. The van der Waals surface area contributed by atoms with E-state index in [1.165, 1.54) is 180 Å². The van der Waals surface area contributed by atoms with Crippen molar-refractivity contribution < 1.29 is 80.2 Å². The molecular weight excluding hydrogens is 1250 g/mol. The van der Waals surface area contributed by atoms with Gasteiger partial charge in [-0.1, -0.05) is 331 Å². The van der Waals surface area contributed by atoms with E-state index in [0.717, 1.165) is 120 Å². The molecule has 0 aliphatic heterocycles. The molecule has 564 valence electrons. The maximum absolute atomic E-state index is 13.1. The lowest BCUT2D eigenvalue weighted by molar-refractivity contribution is -0.161. The van der Waals surface area contributed by atoms with E-state index in [-0.39, 0.29) is 25.7 Å². The van der Waals surface area contributed by atoms with Gasteiger partial charge in [-0.25, -0.2) is 9.13 Å². The molecule has 0 aliphatic rings. The van der Waals surface area contributed by atoms with Crippen LogP contribution >= 0.6 is 15.6 Å². The Morgan fingerprint density at radius 2 is 0.505 bits per heavy atom. The SMILES string of the molecule is CCC(C)CCCCCCCCCCCCCCCCC(=O)OC[C@H](COP(=O)(O)OC[C@@H](O)COP(=O)(O)OC[C@@H](COC(=O)CCCCCCCCC(C)CC)OC(=O)CCCCCCCCCCC(C)C)OC(=O)CCCCCCCCCCCCCCCC(C)C. The molecular formula is C76H148O17P2. The Hall–Kier alpha value is -1.94. The second-order valence-electron chi connectivity index (χ2n) is 28.8. The summed E-state index contributed by atoms with van der Waals surface area (Å²) in [6.45, 7) is 14.2. The van der Waals surface area contributed by atoms with Crippen LogP contribution in [0.15, 0.2) is 0 Å². The van der Waals surface area contributed by atoms with Gasteiger partial charge in [-0.05, 0) is 49.4 Å². The fourth-order valence-electron chi connectivity index (χ4n) is 11.5. The molecule has 0 aromatic rings. The lowest BCUT2D eigenvalue weighted by Crippen LogP contribution is -2.30. The van der Waals surface area contributed by atoms with Gasteiger partial charge in [0.25, 0.3) is 0 Å². The summed E-state index contributed by atoms with van der Waals surface area (Å²) in [6.07, 6.45) is 50.0. The average molecular weight is 1400 g/mol. The van der Waals surface area contributed by atoms with Gasteiger partial charge in [0.1, 0.15) is 19.3 Å². The second kappa shape index (κ2) is 65.4. The molecule has 0 spiro atoms. The van der Waals surface area contributed by atoms with Gasteiger partial charge < -0.3 is 33.8 Å². The van der Waals surface area contributed by atoms with Crippen LogP contribution in [0.4, 0.5) is 0 Å². The number of hydrogen-bond donors (Lipinski definition) is 3. The Balaban J connectivity index is 5.24. The third-order valence-electron chi connectivity index (χ3n) is 18.3. The van der Waals surface area contributed by atoms with Gasteiger partial charge in [-0.15, -0.1) is 0 Å². The van der Waals surface area contributed by atoms with Crippen LogP contribution in [0.1, 0.15) is 383 Å². The van der Waals surface area contributed by atoms with Crippen LogP contribution in [0.3, 0.4) is 0 Å². The second-order valence-corrected chi connectivity index (χ2v) is 31.7. The summed E-state index contributed by atoms with van der Waals surface area (Å²) in [4.78, 5) is 72.8. The number of carbonyl (C=O) groups is 4. The highest BCUT2D eigenvalue weighted by Crippen LogP contribution is 2.45. The molecule has 0 radical (unpaired) electrons. The van der Waals surface area contributed by atoms with Crippen LogP contribution in [-0.2, 0) is 65.4 Å². The zero-order valence-electron chi connectivity index (χ0n) is 62.3. The Kier molecular flexibility index (Phi) is 64.0. The first-order chi connectivity index (χ1) is 45.7. The van der Waals surface area contributed by atoms with Crippen molar-refractivity contribution >= 4 is 39.5 Å². The Bertz CT molecular complexity index is 1870. The summed E-state index contributed by atoms with van der Waals surface area (Å²) < 4.78 is 68.5. The van der Waals surface area contributed by atoms with Crippen molar-refractivity contribution in [2.75, 3.05) is 39.6 Å². The molecule has 0 fully saturated rings.